The van der Waals surface area contributed by atoms with Crippen molar-refractivity contribution in [2.45, 2.75) is 31.6 Å². The smallest absolute Gasteiger partial charge is 0.293 e. The molecule has 0 fully saturated rings. The predicted molar refractivity (Wildman–Crippen MR) is 87.9 cm³/mol. The van der Waals surface area contributed by atoms with Crippen molar-refractivity contribution in [1.29, 1.82) is 0 Å². The van der Waals surface area contributed by atoms with Crippen molar-refractivity contribution >= 4 is 11.0 Å². The monoisotopic (exact) mass is 343 g/mol. The Morgan fingerprint density at radius 3 is 2.72 bits per heavy atom. The van der Waals surface area contributed by atoms with Gasteiger partial charge in [-0.05, 0) is 42.4 Å². The zero-order valence-corrected chi connectivity index (χ0v) is 14.0. The van der Waals surface area contributed by atoms with Crippen LogP contribution in [0.3, 0.4) is 0 Å². The number of ether oxygens (including phenoxy) is 2. The molecule has 1 aliphatic rings. The van der Waals surface area contributed by atoms with Gasteiger partial charge in [0, 0.05) is 17.8 Å². The molecule has 0 saturated carbocycles. The number of benzene rings is 1. The first-order chi connectivity index (χ1) is 11.9. The number of hydrogen-bond donors (Lipinski definition) is 1. The minimum Gasteiger partial charge on any atom is -0.491 e. The molecule has 1 aliphatic heterocycles. The standard InChI is InChI=1S/C17H17N3O5/c1-17(2)15(21)14(20-6-4-5-12(23-3)16(20)22)9-7-10-11(19-25-18-10)8-13(9)24-17/h4-8,14-15,21H,1-3H3. The molecule has 0 aliphatic carbocycles. The number of fused-ring (bicyclic) bond motifs is 2. The van der Waals surface area contributed by atoms with E-state index in [4.69, 9.17) is 14.1 Å². The molecule has 8 heteroatoms. The van der Waals surface area contributed by atoms with Crippen molar-refractivity contribution in [3.8, 4) is 11.5 Å². The van der Waals surface area contributed by atoms with Crippen LogP contribution in [0.4, 0.5) is 0 Å². The van der Waals surface area contributed by atoms with E-state index in [0.29, 0.717) is 22.3 Å². The Balaban J connectivity index is 1.99. The van der Waals surface area contributed by atoms with Gasteiger partial charge in [-0.2, -0.15) is 0 Å². The van der Waals surface area contributed by atoms with Gasteiger partial charge in [0.15, 0.2) is 5.75 Å². The summed E-state index contributed by atoms with van der Waals surface area (Å²) in [5, 5.41) is 18.6. The van der Waals surface area contributed by atoms with E-state index in [1.165, 1.54) is 11.7 Å². The van der Waals surface area contributed by atoms with Crippen LogP contribution in [0.5, 0.6) is 11.5 Å². The Morgan fingerprint density at radius 1 is 1.28 bits per heavy atom. The minimum atomic E-state index is -0.970. The summed E-state index contributed by atoms with van der Waals surface area (Å²) in [5.74, 6) is 0.725. The van der Waals surface area contributed by atoms with Gasteiger partial charge in [-0.1, -0.05) is 0 Å². The van der Waals surface area contributed by atoms with E-state index < -0.39 is 17.7 Å². The van der Waals surface area contributed by atoms with Gasteiger partial charge in [0.1, 0.15) is 28.5 Å². The highest BCUT2D eigenvalue weighted by molar-refractivity contribution is 5.77. The summed E-state index contributed by atoms with van der Waals surface area (Å²) in [6.07, 6.45) is 0.650. The molecule has 0 saturated heterocycles. The molecule has 2 aromatic heterocycles. The van der Waals surface area contributed by atoms with Crippen LogP contribution < -0.4 is 15.0 Å². The number of aliphatic hydroxyl groups is 1. The number of pyridine rings is 1. The Labute approximate surface area is 142 Å². The second-order valence-electron chi connectivity index (χ2n) is 6.53. The maximum atomic E-state index is 12.7. The van der Waals surface area contributed by atoms with Gasteiger partial charge < -0.3 is 19.1 Å². The predicted octanol–water partition coefficient (Wildman–Crippen LogP) is 1.51. The van der Waals surface area contributed by atoms with Crippen LogP contribution in [0.15, 0.2) is 39.9 Å². The number of hydrogen-bond acceptors (Lipinski definition) is 7. The molecule has 2 atom stereocenters. The van der Waals surface area contributed by atoms with Gasteiger partial charge in [0.25, 0.3) is 5.56 Å². The summed E-state index contributed by atoms with van der Waals surface area (Å²) >= 11 is 0. The normalized spacial score (nSPS) is 21.6. The number of rotatable bonds is 2. The Kier molecular flexibility index (Phi) is 3.33. The first-order valence-electron chi connectivity index (χ1n) is 7.81. The van der Waals surface area contributed by atoms with Crippen molar-refractivity contribution in [3.05, 3.63) is 46.4 Å². The first-order valence-corrected chi connectivity index (χ1v) is 7.81. The van der Waals surface area contributed by atoms with Crippen LogP contribution in [0.25, 0.3) is 11.0 Å². The lowest BCUT2D eigenvalue weighted by molar-refractivity contribution is -0.0642. The van der Waals surface area contributed by atoms with Crippen LogP contribution >= 0.6 is 0 Å². The van der Waals surface area contributed by atoms with Gasteiger partial charge in [-0.15, -0.1) is 0 Å². The molecule has 130 valence electrons. The van der Waals surface area contributed by atoms with E-state index in [1.54, 1.807) is 44.3 Å². The lowest BCUT2D eigenvalue weighted by Gasteiger charge is -2.42. The molecule has 4 rings (SSSR count). The molecule has 1 aromatic carbocycles. The third kappa shape index (κ3) is 2.29. The summed E-state index contributed by atoms with van der Waals surface area (Å²) in [4.78, 5) is 12.7. The SMILES string of the molecule is COc1cccn(C2c3cc4nonc4cc3OC(C)(C)C2O)c1=O. The molecule has 0 amide bonds. The molecule has 0 radical (unpaired) electrons. The molecule has 3 aromatic rings. The highest BCUT2D eigenvalue weighted by Gasteiger charge is 2.44. The Bertz CT molecular complexity index is 1010. The van der Waals surface area contributed by atoms with E-state index >= 15 is 0 Å². The van der Waals surface area contributed by atoms with Crippen molar-refractivity contribution in [2.75, 3.05) is 7.11 Å². The third-order valence-electron chi connectivity index (χ3n) is 4.55. The van der Waals surface area contributed by atoms with Gasteiger partial charge in [-0.3, -0.25) is 4.79 Å². The molecule has 0 spiro atoms. The quantitative estimate of drug-likeness (QED) is 0.753. The fourth-order valence-electron chi connectivity index (χ4n) is 3.21. The van der Waals surface area contributed by atoms with E-state index in [9.17, 15) is 9.90 Å². The highest BCUT2D eigenvalue weighted by atomic mass is 16.6. The Morgan fingerprint density at radius 2 is 2.00 bits per heavy atom. The number of nitrogens with zero attached hydrogens (tertiary/aromatic N) is 3. The second kappa shape index (κ2) is 5.32. The maximum Gasteiger partial charge on any atom is 0.293 e. The number of methoxy groups -OCH3 is 1. The number of aromatic nitrogens is 3. The lowest BCUT2D eigenvalue weighted by atomic mass is 9.86. The van der Waals surface area contributed by atoms with Crippen LogP contribution in [-0.2, 0) is 0 Å². The third-order valence-corrected chi connectivity index (χ3v) is 4.55. The summed E-state index contributed by atoms with van der Waals surface area (Å²) in [6.45, 7) is 3.54. The largest absolute Gasteiger partial charge is 0.491 e. The highest BCUT2D eigenvalue weighted by Crippen LogP contribution is 2.42. The summed E-state index contributed by atoms with van der Waals surface area (Å²) < 4.78 is 17.3. The van der Waals surface area contributed by atoms with Crippen LogP contribution in [0.1, 0.15) is 25.5 Å². The average molecular weight is 343 g/mol. The molecule has 2 unspecified atom stereocenters. The van der Waals surface area contributed by atoms with Gasteiger partial charge in [0.2, 0.25) is 0 Å². The first kappa shape index (κ1) is 15.6. The minimum absolute atomic E-state index is 0.199. The topological polar surface area (TPSA) is 99.6 Å². The average Bonchev–Trinajstić information content (AvgIpc) is 3.02. The van der Waals surface area contributed by atoms with Gasteiger partial charge >= 0.3 is 0 Å². The van der Waals surface area contributed by atoms with E-state index in [1.807, 2.05) is 0 Å². The van der Waals surface area contributed by atoms with E-state index in [-0.39, 0.29) is 11.3 Å². The summed E-state index contributed by atoms with van der Waals surface area (Å²) in [5.41, 5.74) is 0.449. The zero-order chi connectivity index (χ0) is 17.8. The van der Waals surface area contributed by atoms with Crippen LogP contribution in [-0.4, -0.2) is 38.8 Å². The molecular formula is C17H17N3O5. The number of aliphatic hydroxyl groups excluding tert-OH is 1. The molecule has 3 heterocycles. The molecule has 0 bridgehead atoms. The lowest BCUT2D eigenvalue weighted by Crippen LogP contribution is -2.52. The summed E-state index contributed by atoms with van der Waals surface area (Å²) in [7, 11) is 1.43. The Hall–Kier alpha value is -2.87. The fraction of sp³-hybridized carbons (Fsp3) is 0.353. The molecule has 1 N–H and O–H groups in total. The molecule has 25 heavy (non-hydrogen) atoms. The van der Waals surface area contributed by atoms with Gasteiger partial charge in [-0.25, -0.2) is 4.63 Å². The van der Waals surface area contributed by atoms with Gasteiger partial charge in [0.05, 0.1) is 13.2 Å². The van der Waals surface area contributed by atoms with Crippen LogP contribution in [0.2, 0.25) is 0 Å². The summed E-state index contributed by atoms with van der Waals surface area (Å²) in [6, 6.07) is 6.04. The fourth-order valence-corrected chi connectivity index (χ4v) is 3.21. The molecular weight excluding hydrogens is 326 g/mol. The van der Waals surface area contributed by atoms with Crippen molar-refractivity contribution in [1.82, 2.24) is 14.9 Å². The van der Waals surface area contributed by atoms with Crippen molar-refractivity contribution < 1.29 is 19.2 Å². The maximum absolute atomic E-state index is 12.7. The second-order valence-corrected chi connectivity index (χ2v) is 6.53. The van der Waals surface area contributed by atoms with Crippen molar-refractivity contribution in [2.24, 2.45) is 0 Å². The van der Waals surface area contributed by atoms with Crippen LogP contribution in [0, 0.1) is 0 Å². The van der Waals surface area contributed by atoms with E-state index in [2.05, 4.69) is 10.3 Å². The van der Waals surface area contributed by atoms with Crippen molar-refractivity contribution in [3.63, 3.8) is 0 Å². The van der Waals surface area contributed by atoms with E-state index in [0.717, 1.165) is 0 Å². The molecule has 8 nitrogen and oxygen atoms in total. The zero-order valence-electron chi connectivity index (χ0n) is 14.0.